The minimum atomic E-state index is 0.837. The summed E-state index contributed by atoms with van der Waals surface area (Å²) in [6.07, 6.45) is 2.40. The maximum atomic E-state index is 5.25. The second kappa shape index (κ2) is 6.08. The van der Waals surface area contributed by atoms with Gasteiger partial charge in [0.2, 0.25) is 0 Å². The Morgan fingerprint density at radius 3 is 2.95 bits per heavy atom. The monoisotopic (exact) mass is 282 g/mol. The van der Waals surface area contributed by atoms with Crippen molar-refractivity contribution in [1.29, 1.82) is 0 Å². The number of fused-ring (bicyclic) bond motifs is 1. The Morgan fingerprint density at radius 1 is 1.24 bits per heavy atom. The highest BCUT2D eigenvalue weighted by molar-refractivity contribution is 5.61. The van der Waals surface area contributed by atoms with Gasteiger partial charge >= 0.3 is 0 Å². The fourth-order valence-electron chi connectivity index (χ4n) is 2.88. The Kier molecular flexibility index (Phi) is 4.00. The van der Waals surface area contributed by atoms with E-state index in [1.807, 2.05) is 6.07 Å². The average molecular weight is 282 g/mol. The van der Waals surface area contributed by atoms with Gasteiger partial charge in [0.1, 0.15) is 5.75 Å². The quantitative estimate of drug-likeness (QED) is 0.890. The van der Waals surface area contributed by atoms with E-state index in [4.69, 9.17) is 4.74 Å². The number of methoxy groups -OCH3 is 1. The first-order valence-electron chi connectivity index (χ1n) is 7.51. The van der Waals surface area contributed by atoms with Crippen molar-refractivity contribution in [3.8, 4) is 5.75 Å². The third kappa shape index (κ3) is 2.97. The van der Waals surface area contributed by atoms with Crippen molar-refractivity contribution in [2.24, 2.45) is 0 Å². The van der Waals surface area contributed by atoms with Crippen LogP contribution in [0.2, 0.25) is 0 Å². The molecule has 0 aromatic heterocycles. The van der Waals surface area contributed by atoms with E-state index in [-0.39, 0.29) is 0 Å². The molecule has 0 saturated heterocycles. The molecule has 3 rings (SSSR count). The van der Waals surface area contributed by atoms with Crippen LogP contribution in [-0.2, 0) is 13.0 Å². The summed E-state index contributed by atoms with van der Waals surface area (Å²) >= 11 is 0. The van der Waals surface area contributed by atoms with Crippen molar-refractivity contribution >= 4 is 11.4 Å². The van der Waals surface area contributed by atoms with Crippen LogP contribution in [-0.4, -0.2) is 13.7 Å². The van der Waals surface area contributed by atoms with Crippen LogP contribution < -0.4 is 15.4 Å². The first-order chi connectivity index (χ1) is 10.3. The van der Waals surface area contributed by atoms with Crippen molar-refractivity contribution in [2.45, 2.75) is 26.3 Å². The fraction of sp³-hybridized carbons (Fsp3) is 0.333. The van der Waals surface area contributed by atoms with E-state index in [1.54, 1.807) is 7.11 Å². The molecule has 0 unspecified atom stereocenters. The molecule has 0 amide bonds. The third-order valence-corrected chi connectivity index (χ3v) is 4.06. The molecular formula is C18H22N2O. The molecule has 1 aliphatic rings. The average Bonchev–Trinajstić information content (AvgIpc) is 2.53. The number of rotatable bonds is 4. The normalized spacial score (nSPS) is 13.2. The largest absolute Gasteiger partial charge is 0.497 e. The molecule has 21 heavy (non-hydrogen) atoms. The fourth-order valence-corrected chi connectivity index (χ4v) is 2.88. The topological polar surface area (TPSA) is 33.3 Å². The van der Waals surface area contributed by atoms with E-state index >= 15 is 0 Å². The Hall–Kier alpha value is -2.16. The molecule has 0 fully saturated rings. The van der Waals surface area contributed by atoms with Gasteiger partial charge in [-0.15, -0.1) is 0 Å². The number of benzene rings is 2. The van der Waals surface area contributed by atoms with Gasteiger partial charge in [0.25, 0.3) is 0 Å². The minimum absolute atomic E-state index is 0.837. The van der Waals surface area contributed by atoms with Gasteiger partial charge in [-0.25, -0.2) is 0 Å². The zero-order valence-electron chi connectivity index (χ0n) is 12.7. The second-order valence-electron chi connectivity index (χ2n) is 5.52. The van der Waals surface area contributed by atoms with Gasteiger partial charge in [-0.05, 0) is 54.7 Å². The van der Waals surface area contributed by atoms with Crippen LogP contribution in [0.15, 0.2) is 36.4 Å². The number of hydrogen-bond donors (Lipinski definition) is 2. The number of hydrogen-bond acceptors (Lipinski definition) is 3. The standard InChI is InChI=1S/C18H22N2O/c1-13-11-16(21-2)8-9-17(13)20-12-15-6-3-5-14-7-4-10-19-18(14)15/h3,5-6,8-9,11,19-20H,4,7,10,12H2,1-2H3. The molecule has 0 radical (unpaired) electrons. The Balaban J connectivity index is 1.76. The summed E-state index contributed by atoms with van der Waals surface area (Å²) in [7, 11) is 1.70. The predicted octanol–water partition coefficient (Wildman–Crippen LogP) is 3.97. The van der Waals surface area contributed by atoms with E-state index in [0.29, 0.717) is 0 Å². The summed E-state index contributed by atoms with van der Waals surface area (Å²) in [5.74, 6) is 0.900. The molecular weight excluding hydrogens is 260 g/mol. The molecule has 1 aliphatic heterocycles. The maximum absolute atomic E-state index is 5.25. The molecule has 0 bridgehead atoms. The van der Waals surface area contributed by atoms with Crippen LogP contribution in [0.1, 0.15) is 23.1 Å². The van der Waals surface area contributed by atoms with Crippen molar-refractivity contribution in [3.05, 3.63) is 53.1 Å². The summed E-state index contributed by atoms with van der Waals surface area (Å²) < 4.78 is 5.25. The van der Waals surface area contributed by atoms with Crippen LogP contribution >= 0.6 is 0 Å². The van der Waals surface area contributed by atoms with Crippen LogP contribution in [0.3, 0.4) is 0 Å². The number of para-hydroxylation sites is 1. The number of aryl methyl sites for hydroxylation is 2. The Labute approximate surface area is 126 Å². The molecule has 3 heteroatoms. The molecule has 2 N–H and O–H groups in total. The lowest BCUT2D eigenvalue weighted by Gasteiger charge is -2.22. The van der Waals surface area contributed by atoms with Crippen LogP contribution in [0.25, 0.3) is 0 Å². The van der Waals surface area contributed by atoms with E-state index in [2.05, 4.69) is 47.9 Å². The molecule has 1 heterocycles. The van der Waals surface area contributed by atoms with Gasteiger partial charge in [-0.2, -0.15) is 0 Å². The minimum Gasteiger partial charge on any atom is -0.497 e. The van der Waals surface area contributed by atoms with E-state index in [0.717, 1.165) is 24.5 Å². The molecule has 0 atom stereocenters. The molecule has 110 valence electrons. The molecule has 0 aliphatic carbocycles. The molecule has 0 saturated carbocycles. The zero-order valence-corrected chi connectivity index (χ0v) is 12.7. The van der Waals surface area contributed by atoms with Crippen molar-refractivity contribution in [1.82, 2.24) is 0 Å². The van der Waals surface area contributed by atoms with E-state index in [1.165, 1.54) is 35.2 Å². The molecule has 0 spiro atoms. The van der Waals surface area contributed by atoms with Crippen LogP contribution in [0.4, 0.5) is 11.4 Å². The Morgan fingerprint density at radius 2 is 2.14 bits per heavy atom. The van der Waals surface area contributed by atoms with Gasteiger partial charge in [0.05, 0.1) is 7.11 Å². The first kappa shape index (κ1) is 13.8. The highest BCUT2D eigenvalue weighted by Crippen LogP contribution is 2.27. The first-order valence-corrected chi connectivity index (χ1v) is 7.51. The summed E-state index contributed by atoms with van der Waals surface area (Å²) in [4.78, 5) is 0. The summed E-state index contributed by atoms with van der Waals surface area (Å²) in [6.45, 7) is 4.01. The van der Waals surface area contributed by atoms with Crippen molar-refractivity contribution < 1.29 is 4.74 Å². The lowest BCUT2D eigenvalue weighted by atomic mass is 9.99. The lowest BCUT2D eigenvalue weighted by molar-refractivity contribution is 0.414. The SMILES string of the molecule is COc1ccc(NCc2cccc3c2NCCC3)c(C)c1. The number of anilines is 2. The summed E-state index contributed by atoms with van der Waals surface area (Å²) in [5, 5.41) is 7.08. The Bertz CT molecular complexity index is 637. The van der Waals surface area contributed by atoms with Gasteiger partial charge in [0, 0.05) is 24.5 Å². The van der Waals surface area contributed by atoms with E-state index in [9.17, 15) is 0 Å². The maximum Gasteiger partial charge on any atom is 0.119 e. The number of nitrogens with one attached hydrogen (secondary N) is 2. The summed E-state index contributed by atoms with van der Waals surface area (Å²) in [6, 6.07) is 12.7. The lowest BCUT2D eigenvalue weighted by Crippen LogP contribution is -2.15. The van der Waals surface area contributed by atoms with Crippen LogP contribution in [0, 0.1) is 6.92 Å². The predicted molar refractivity (Wildman–Crippen MR) is 88.3 cm³/mol. The van der Waals surface area contributed by atoms with Gasteiger partial charge in [0.15, 0.2) is 0 Å². The highest BCUT2D eigenvalue weighted by atomic mass is 16.5. The van der Waals surface area contributed by atoms with Gasteiger partial charge in [-0.1, -0.05) is 18.2 Å². The number of ether oxygens (including phenoxy) is 1. The molecule has 2 aromatic rings. The van der Waals surface area contributed by atoms with Crippen molar-refractivity contribution in [2.75, 3.05) is 24.3 Å². The smallest absolute Gasteiger partial charge is 0.119 e. The molecule has 2 aromatic carbocycles. The van der Waals surface area contributed by atoms with E-state index < -0.39 is 0 Å². The highest BCUT2D eigenvalue weighted by Gasteiger charge is 2.12. The second-order valence-corrected chi connectivity index (χ2v) is 5.52. The zero-order chi connectivity index (χ0) is 14.7. The third-order valence-electron chi connectivity index (χ3n) is 4.06. The van der Waals surface area contributed by atoms with Crippen LogP contribution in [0.5, 0.6) is 5.75 Å². The van der Waals surface area contributed by atoms with Gasteiger partial charge in [-0.3, -0.25) is 0 Å². The summed E-state index contributed by atoms with van der Waals surface area (Å²) in [5.41, 5.74) is 6.45. The molecule has 3 nitrogen and oxygen atoms in total. The van der Waals surface area contributed by atoms with Gasteiger partial charge < -0.3 is 15.4 Å². The van der Waals surface area contributed by atoms with Crippen molar-refractivity contribution in [3.63, 3.8) is 0 Å².